The van der Waals surface area contributed by atoms with Crippen LogP contribution in [0.4, 0.5) is 4.79 Å². The zero-order valence-corrected chi connectivity index (χ0v) is 17.4. The third kappa shape index (κ3) is 5.03. The largest absolute Gasteiger partial charge is 0.497 e. The average Bonchev–Trinajstić information content (AvgIpc) is 2.85. The van der Waals surface area contributed by atoms with Crippen molar-refractivity contribution in [1.82, 2.24) is 15.5 Å². The molecule has 1 aromatic rings. The summed E-state index contributed by atoms with van der Waals surface area (Å²) in [6, 6.07) is 6.36. The summed E-state index contributed by atoms with van der Waals surface area (Å²) in [5.41, 5.74) is -0.566. The van der Waals surface area contributed by atoms with Crippen molar-refractivity contribution in [2.75, 3.05) is 13.7 Å². The molecular formula is C21H31N3O4. The highest BCUT2D eigenvalue weighted by atomic mass is 16.5. The van der Waals surface area contributed by atoms with E-state index in [-0.39, 0.29) is 18.5 Å². The molecule has 0 aliphatic carbocycles. The monoisotopic (exact) mass is 389 g/mol. The predicted molar refractivity (Wildman–Crippen MR) is 107 cm³/mol. The van der Waals surface area contributed by atoms with E-state index in [1.165, 1.54) is 0 Å². The Balaban J connectivity index is 1.98. The Morgan fingerprint density at radius 1 is 1.18 bits per heavy atom. The Kier molecular flexibility index (Phi) is 7.05. The molecule has 1 heterocycles. The molecular weight excluding hydrogens is 358 g/mol. The number of rotatable bonds is 9. The number of benzene rings is 1. The number of hydrogen-bond acceptors (Lipinski definition) is 4. The van der Waals surface area contributed by atoms with E-state index < -0.39 is 17.5 Å². The average molecular weight is 389 g/mol. The van der Waals surface area contributed by atoms with Crippen LogP contribution in [0.1, 0.15) is 52.5 Å². The smallest absolute Gasteiger partial charge is 0.325 e. The molecule has 1 aromatic carbocycles. The van der Waals surface area contributed by atoms with Gasteiger partial charge in [-0.25, -0.2) is 4.79 Å². The first kappa shape index (κ1) is 21.7. The number of imide groups is 1. The quantitative estimate of drug-likeness (QED) is 0.636. The van der Waals surface area contributed by atoms with Crippen LogP contribution < -0.4 is 15.4 Å². The Bertz CT molecular complexity index is 717. The Morgan fingerprint density at radius 3 is 2.39 bits per heavy atom. The molecule has 1 fully saturated rings. The van der Waals surface area contributed by atoms with E-state index in [4.69, 9.17) is 4.74 Å². The molecule has 0 unspecified atom stereocenters. The highest BCUT2D eigenvalue weighted by molar-refractivity contribution is 6.09. The molecule has 0 bridgehead atoms. The second-order valence-corrected chi connectivity index (χ2v) is 7.97. The fraction of sp³-hybridized carbons (Fsp3) is 0.571. The van der Waals surface area contributed by atoms with Crippen LogP contribution in [0.15, 0.2) is 24.3 Å². The lowest BCUT2D eigenvalue weighted by Gasteiger charge is -2.22. The Hall–Kier alpha value is -2.57. The lowest BCUT2D eigenvalue weighted by atomic mass is 9.92. The van der Waals surface area contributed by atoms with Crippen LogP contribution in [0.5, 0.6) is 5.75 Å². The van der Waals surface area contributed by atoms with Gasteiger partial charge in [0.15, 0.2) is 0 Å². The van der Waals surface area contributed by atoms with Gasteiger partial charge in [0.1, 0.15) is 17.8 Å². The van der Waals surface area contributed by atoms with Crippen molar-refractivity contribution in [2.24, 2.45) is 5.92 Å². The highest BCUT2D eigenvalue weighted by Gasteiger charge is 2.49. The molecule has 154 valence electrons. The molecule has 2 rings (SSSR count). The molecule has 28 heavy (non-hydrogen) atoms. The van der Waals surface area contributed by atoms with Crippen LogP contribution >= 0.6 is 0 Å². The van der Waals surface area contributed by atoms with Crippen molar-refractivity contribution in [3.05, 3.63) is 29.8 Å². The van der Waals surface area contributed by atoms with Gasteiger partial charge in [0.25, 0.3) is 5.91 Å². The van der Waals surface area contributed by atoms with Gasteiger partial charge in [-0.15, -0.1) is 0 Å². The molecule has 7 nitrogen and oxygen atoms in total. The third-order valence-electron chi connectivity index (χ3n) is 5.07. The topological polar surface area (TPSA) is 87.7 Å². The molecule has 1 saturated heterocycles. The minimum Gasteiger partial charge on any atom is -0.497 e. The van der Waals surface area contributed by atoms with Crippen molar-refractivity contribution in [1.29, 1.82) is 0 Å². The summed E-state index contributed by atoms with van der Waals surface area (Å²) >= 11 is 0. The molecule has 0 spiro atoms. The second-order valence-electron chi connectivity index (χ2n) is 7.97. The molecule has 1 aliphatic heterocycles. The fourth-order valence-corrected chi connectivity index (χ4v) is 3.33. The molecule has 0 saturated carbocycles. The minimum atomic E-state index is -1.20. The van der Waals surface area contributed by atoms with Gasteiger partial charge >= 0.3 is 6.03 Å². The zero-order chi connectivity index (χ0) is 20.9. The summed E-state index contributed by atoms with van der Waals surface area (Å²) in [5.74, 6) is 0.515. The maximum absolute atomic E-state index is 12.9. The minimum absolute atomic E-state index is 0.0000109. The second kappa shape index (κ2) is 9.08. The number of nitrogens with one attached hydrogen (secondary N) is 2. The number of nitrogens with zero attached hydrogens (tertiary/aromatic N) is 1. The standard InChI is InChI=1S/C21H31N3O4/c1-14(2)7-6-8-15(3)22-18(25)13-24-19(26)21(4,23-20(24)27)16-9-11-17(28-5)12-10-16/h9-12,14-15H,6-8,13H2,1-5H3,(H,22,25)(H,23,27)/t15-,21+/m1/s1. The predicted octanol–water partition coefficient (Wildman–Crippen LogP) is 2.79. The summed E-state index contributed by atoms with van der Waals surface area (Å²) < 4.78 is 5.13. The summed E-state index contributed by atoms with van der Waals surface area (Å²) in [6.45, 7) is 7.62. The maximum Gasteiger partial charge on any atom is 0.325 e. The summed E-state index contributed by atoms with van der Waals surface area (Å²) in [7, 11) is 1.56. The molecule has 0 radical (unpaired) electrons. The van der Waals surface area contributed by atoms with Gasteiger partial charge in [0.05, 0.1) is 7.11 Å². The van der Waals surface area contributed by atoms with Crippen LogP contribution in [0.25, 0.3) is 0 Å². The van der Waals surface area contributed by atoms with Gasteiger partial charge in [-0.2, -0.15) is 0 Å². The normalized spacial score (nSPS) is 20.3. The lowest BCUT2D eigenvalue weighted by molar-refractivity contribution is -0.135. The van der Waals surface area contributed by atoms with Crippen LogP contribution in [0.2, 0.25) is 0 Å². The Morgan fingerprint density at radius 2 is 1.82 bits per heavy atom. The van der Waals surface area contributed by atoms with E-state index in [2.05, 4.69) is 24.5 Å². The zero-order valence-electron chi connectivity index (χ0n) is 17.4. The van der Waals surface area contributed by atoms with Crippen molar-refractivity contribution in [2.45, 2.75) is 58.5 Å². The van der Waals surface area contributed by atoms with E-state index in [0.29, 0.717) is 17.2 Å². The summed E-state index contributed by atoms with van der Waals surface area (Å²) in [6.07, 6.45) is 3.00. The van der Waals surface area contributed by atoms with Gasteiger partial charge < -0.3 is 15.4 Å². The van der Waals surface area contributed by atoms with Gasteiger partial charge in [0, 0.05) is 6.04 Å². The molecule has 1 aliphatic rings. The molecule has 2 N–H and O–H groups in total. The van der Waals surface area contributed by atoms with Gasteiger partial charge in [-0.3, -0.25) is 14.5 Å². The maximum atomic E-state index is 12.9. The van der Waals surface area contributed by atoms with Crippen molar-refractivity contribution in [3.63, 3.8) is 0 Å². The van der Waals surface area contributed by atoms with E-state index >= 15 is 0 Å². The van der Waals surface area contributed by atoms with Crippen LogP contribution in [-0.2, 0) is 15.1 Å². The number of carbonyl (C=O) groups is 3. The van der Waals surface area contributed by atoms with E-state index in [1.54, 1.807) is 38.3 Å². The molecule has 7 heteroatoms. The number of carbonyl (C=O) groups excluding carboxylic acids is 3. The van der Waals surface area contributed by atoms with Gasteiger partial charge in [-0.1, -0.05) is 38.8 Å². The molecule has 4 amide bonds. The van der Waals surface area contributed by atoms with Crippen LogP contribution in [0, 0.1) is 5.92 Å². The lowest BCUT2D eigenvalue weighted by Crippen LogP contribution is -2.45. The van der Waals surface area contributed by atoms with Gasteiger partial charge in [0.2, 0.25) is 5.91 Å². The van der Waals surface area contributed by atoms with Crippen molar-refractivity contribution >= 4 is 17.8 Å². The summed E-state index contributed by atoms with van der Waals surface area (Å²) in [4.78, 5) is 38.5. The first-order chi connectivity index (χ1) is 13.2. The first-order valence-corrected chi connectivity index (χ1v) is 9.75. The third-order valence-corrected chi connectivity index (χ3v) is 5.07. The fourth-order valence-electron chi connectivity index (χ4n) is 3.33. The number of ether oxygens (including phenoxy) is 1. The first-order valence-electron chi connectivity index (χ1n) is 9.75. The highest BCUT2D eigenvalue weighted by Crippen LogP contribution is 2.29. The van der Waals surface area contributed by atoms with Crippen LogP contribution in [0.3, 0.4) is 0 Å². The number of methoxy groups -OCH3 is 1. The van der Waals surface area contributed by atoms with Crippen LogP contribution in [-0.4, -0.2) is 42.4 Å². The number of urea groups is 1. The van der Waals surface area contributed by atoms with Crippen molar-refractivity contribution in [3.8, 4) is 5.75 Å². The van der Waals surface area contributed by atoms with E-state index in [1.807, 2.05) is 6.92 Å². The molecule has 2 atom stereocenters. The van der Waals surface area contributed by atoms with Gasteiger partial charge in [-0.05, 0) is 43.9 Å². The Labute approximate surface area is 166 Å². The molecule has 0 aromatic heterocycles. The summed E-state index contributed by atoms with van der Waals surface area (Å²) in [5, 5.41) is 5.58. The SMILES string of the molecule is COc1ccc([C@]2(C)NC(=O)N(CC(=O)N[C@H](C)CCCC(C)C)C2=O)cc1. The van der Waals surface area contributed by atoms with Crippen molar-refractivity contribution < 1.29 is 19.1 Å². The van der Waals surface area contributed by atoms with E-state index in [9.17, 15) is 14.4 Å². The number of amides is 4. The van der Waals surface area contributed by atoms with E-state index in [0.717, 1.165) is 24.2 Å². The number of hydrogen-bond donors (Lipinski definition) is 2.